The number of piperidine rings is 1. The van der Waals surface area contributed by atoms with Gasteiger partial charge in [0.05, 0.1) is 48.4 Å². The number of carboxylic acid groups (broad SMARTS) is 1. The summed E-state index contributed by atoms with van der Waals surface area (Å²) in [4.78, 5) is 48.4. The first kappa shape index (κ1) is 37.7. The lowest BCUT2D eigenvalue weighted by Crippen LogP contribution is -2.56. The van der Waals surface area contributed by atoms with Crippen LogP contribution in [-0.2, 0) is 20.4 Å². The SMILES string of the molecule is COc1cc(C(=O)N2CCC(CCN3CCC(C(=O)NN4CCC(C(=O)O)C4)(c4ccccn4)CC3)(c3ccc(Cl)c(Cl)c3)C2)cc(OC)c1OC. The molecule has 0 radical (unpaired) electrons. The maximum Gasteiger partial charge on any atom is 0.307 e. The molecule has 0 aliphatic carbocycles. The number of halogens is 2. The number of pyridine rings is 1. The van der Waals surface area contributed by atoms with Crippen molar-refractivity contribution in [2.75, 3.05) is 67.1 Å². The van der Waals surface area contributed by atoms with E-state index in [0.717, 1.165) is 24.9 Å². The van der Waals surface area contributed by atoms with Gasteiger partial charge in [-0.05, 0) is 93.7 Å². The van der Waals surface area contributed by atoms with Crippen molar-refractivity contribution in [3.63, 3.8) is 0 Å². The van der Waals surface area contributed by atoms with E-state index in [4.69, 9.17) is 37.4 Å². The van der Waals surface area contributed by atoms with Crippen LogP contribution >= 0.6 is 23.2 Å². The largest absolute Gasteiger partial charge is 0.493 e. The molecular formula is C38H45Cl2N5O7. The van der Waals surface area contributed by atoms with Crippen LogP contribution in [0.5, 0.6) is 17.2 Å². The number of carbonyl (C=O) groups excluding carboxylic acids is 2. The molecule has 2 atom stereocenters. The van der Waals surface area contributed by atoms with Crippen LogP contribution in [0.4, 0.5) is 0 Å². The minimum atomic E-state index is -0.850. The van der Waals surface area contributed by atoms with Crippen LogP contribution in [0, 0.1) is 5.92 Å². The number of methoxy groups -OCH3 is 3. The summed E-state index contributed by atoms with van der Waals surface area (Å²) in [6.45, 7) is 3.84. The third-order valence-corrected chi connectivity index (χ3v) is 11.8. The molecule has 2 aromatic carbocycles. The fraction of sp³-hybridized carbons (Fsp3) is 0.474. The normalized spacial score (nSPS) is 21.9. The van der Waals surface area contributed by atoms with E-state index in [1.54, 1.807) is 23.3 Å². The standard InChI is InChI=1S/C38H45Cl2N5O7/c1-50-30-20-26(21-31(51-2)33(30)52-3)34(46)44-19-11-37(24-44,27-7-8-28(39)29(40)22-27)10-16-43-17-12-38(13-18-43,32-6-4-5-14-41-32)36(49)42-45-15-9-25(23-45)35(47)48/h4-8,14,20-22,25H,9-13,15-19,23-24H2,1-3H3,(H,42,49)(H,47,48). The smallest absolute Gasteiger partial charge is 0.307 e. The molecule has 6 rings (SSSR count). The van der Waals surface area contributed by atoms with Gasteiger partial charge in [-0.15, -0.1) is 0 Å². The summed E-state index contributed by atoms with van der Waals surface area (Å²) in [6.07, 6.45) is 4.78. The van der Waals surface area contributed by atoms with Crippen molar-refractivity contribution < 1.29 is 33.7 Å². The molecule has 3 aliphatic rings. The number of rotatable bonds is 12. The van der Waals surface area contributed by atoms with Gasteiger partial charge in [0.2, 0.25) is 11.7 Å². The van der Waals surface area contributed by atoms with Crippen LogP contribution in [0.1, 0.15) is 53.7 Å². The number of nitrogens with one attached hydrogen (secondary N) is 1. The molecule has 0 bridgehead atoms. The number of carbonyl (C=O) groups is 3. The van der Waals surface area contributed by atoms with Gasteiger partial charge in [-0.2, -0.15) is 0 Å². The summed E-state index contributed by atoms with van der Waals surface area (Å²) in [5.41, 5.74) is 3.97. The van der Waals surface area contributed by atoms with Gasteiger partial charge in [0.25, 0.3) is 5.91 Å². The van der Waals surface area contributed by atoms with E-state index >= 15 is 0 Å². The monoisotopic (exact) mass is 753 g/mol. The van der Waals surface area contributed by atoms with Crippen molar-refractivity contribution in [2.24, 2.45) is 5.92 Å². The minimum Gasteiger partial charge on any atom is -0.493 e. The second-order valence-corrected chi connectivity index (χ2v) is 14.7. The highest BCUT2D eigenvalue weighted by atomic mass is 35.5. The summed E-state index contributed by atoms with van der Waals surface area (Å²) in [5.74, 6) is -0.407. The second kappa shape index (κ2) is 15.9. The van der Waals surface area contributed by atoms with Gasteiger partial charge in [0.15, 0.2) is 11.5 Å². The quantitative estimate of drug-likeness (QED) is 0.259. The Morgan fingerprint density at radius 2 is 1.65 bits per heavy atom. The Labute approximate surface area is 313 Å². The highest BCUT2D eigenvalue weighted by Crippen LogP contribution is 2.43. The molecule has 3 aliphatic heterocycles. The summed E-state index contributed by atoms with van der Waals surface area (Å²) < 4.78 is 16.5. The number of hydrogen-bond donors (Lipinski definition) is 2. The molecule has 3 saturated heterocycles. The maximum absolute atomic E-state index is 14.0. The molecule has 2 amide bonds. The fourth-order valence-corrected chi connectivity index (χ4v) is 8.23. The molecule has 1 aromatic heterocycles. The first-order valence-electron chi connectivity index (χ1n) is 17.5. The molecule has 0 spiro atoms. The molecule has 2 N–H and O–H groups in total. The van der Waals surface area contributed by atoms with E-state index in [1.165, 1.54) is 21.3 Å². The Balaban J connectivity index is 1.19. The fourth-order valence-electron chi connectivity index (χ4n) is 7.93. The van der Waals surface area contributed by atoms with E-state index in [-0.39, 0.29) is 18.4 Å². The van der Waals surface area contributed by atoms with Crippen LogP contribution < -0.4 is 19.6 Å². The Kier molecular flexibility index (Phi) is 11.5. The van der Waals surface area contributed by atoms with Crippen molar-refractivity contribution in [3.05, 3.63) is 81.6 Å². The Hall–Kier alpha value is -4.10. The van der Waals surface area contributed by atoms with E-state index in [2.05, 4.69) is 15.3 Å². The van der Waals surface area contributed by atoms with Gasteiger partial charge >= 0.3 is 5.97 Å². The number of hydrogen-bond acceptors (Lipinski definition) is 9. The molecule has 3 fully saturated rings. The predicted octanol–water partition coefficient (Wildman–Crippen LogP) is 5.06. The average Bonchev–Trinajstić information content (AvgIpc) is 3.83. The van der Waals surface area contributed by atoms with Gasteiger partial charge in [0.1, 0.15) is 0 Å². The molecule has 2 unspecified atom stereocenters. The Morgan fingerprint density at radius 3 is 2.25 bits per heavy atom. The highest BCUT2D eigenvalue weighted by molar-refractivity contribution is 6.42. The number of hydrazine groups is 1. The number of amides is 2. The highest BCUT2D eigenvalue weighted by Gasteiger charge is 2.47. The number of carboxylic acids is 1. The summed E-state index contributed by atoms with van der Waals surface area (Å²) in [5, 5.41) is 12.1. The van der Waals surface area contributed by atoms with E-state index in [9.17, 15) is 19.5 Å². The Bertz CT molecular complexity index is 1760. The second-order valence-electron chi connectivity index (χ2n) is 13.9. The molecular weight excluding hydrogens is 709 g/mol. The van der Waals surface area contributed by atoms with Crippen LogP contribution in [0.2, 0.25) is 10.0 Å². The third kappa shape index (κ3) is 7.52. The zero-order valence-corrected chi connectivity index (χ0v) is 31.2. The lowest BCUT2D eigenvalue weighted by atomic mass is 9.73. The van der Waals surface area contributed by atoms with Crippen LogP contribution in [0.25, 0.3) is 0 Å². The summed E-state index contributed by atoms with van der Waals surface area (Å²) >= 11 is 12.9. The van der Waals surface area contributed by atoms with E-state index < -0.39 is 22.7 Å². The molecule has 0 saturated carbocycles. The van der Waals surface area contributed by atoms with Crippen molar-refractivity contribution >= 4 is 41.0 Å². The topological polar surface area (TPSA) is 134 Å². The Morgan fingerprint density at radius 1 is 0.923 bits per heavy atom. The first-order chi connectivity index (χ1) is 25.0. The van der Waals surface area contributed by atoms with Crippen LogP contribution in [-0.4, -0.2) is 110 Å². The van der Waals surface area contributed by atoms with Crippen molar-refractivity contribution in [2.45, 2.75) is 42.9 Å². The van der Waals surface area contributed by atoms with E-state index in [0.29, 0.717) is 90.5 Å². The van der Waals surface area contributed by atoms with E-state index in [1.807, 2.05) is 41.3 Å². The van der Waals surface area contributed by atoms with Crippen LogP contribution in [0.3, 0.4) is 0 Å². The first-order valence-corrected chi connectivity index (χ1v) is 18.3. The summed E-state index contributed by atoms with van der Waals surface area (Å²) in [7, 11) is 4.57. The van der Waals surface area contributed by atoms with Gasteiger partial charge < -0.3 is 29.1 Å². The number of likely N-dealkylation sites (tertiary alicyclic amines) is 2. The maximum atomic E-state index is 14.0. The van der Waals surface area contributed by atoms with Crippen molar-refractivity contribution in [1.29, 1.82) is 0 Å². The average molecular weight is 755 g/mol. The van der Waals surface area contributed by atoms with Crippen molar-refractivity contribution in [3.8, 4) is 17.2 Å². The number of benzene rings is 2. The number of aromatic nitrogens is 1. The molecule has 14 heteroatoms. The van der Waals surface area contributed by atoms with Gasteiger partial charge in [0, 0.05) is 43.4 Å². The minimum absolute atomic E-state index is 0.141. The molecule has 52 heavy (non-hydrogen) atoms. The zero-order valence-electron chi connectivity index (χ0n) is 29.7. The van der Waals surface area contributed by atoms with Gasteiger partial charge in [-0.25, -0.2) is 5.01 Å². The van der Waals surface area contributed by atoms with Crippen LogP contribution in [0.15, 0.2) is 54.7 Å². The molecule has 12 nitrogen and oxygen atoms in total. The number of nitrogens with zero attached hydrogens (tertiary/aromatic N) is 4. The molecule has 278 valence electrons. The predicted molar refractivity (Wildman–Crippen MR) is 196 cm³/mol. The van der Waals surface area contributed by atoms with Gasteiger partial charge in [-0.3, -0.25) is 24.8 Å². The molecule has 3 aromatic rings. The lowest BCUT2D eigenvalue weighted by Gasteiger charge is -2.42. The number of ether oxygens (including phenoxy) is 3. The lowest BCUT2D eigenvalue weighted by molar-refractivity contribution is -0.142. The third-order valence-electron chi connectivity index (χ3n) is 11.1. The zero-order chi connectivity index (χ0) is 37.0. The van der Waals surface area contributed by atoms with Crippen molar-refractivity contribution in [1.82, 2.24) is 25.2 Å². The molecule has 4 heterocycles. The summed E-state index contributed by atoms with van der Waals surface area (Å²) in [6, 6.07) is 14.7. The van der Waals surface area contributed by atoms with Gasteiger partial charge in [-0.1, -0.05) is 35.3 Å². The number of aliphatic carboxylic acids is 1.